The summed E-state index contributed by atoms with van der Waals surface area (Å²) in [5.74, 6) is 0.118. The summed E-state index contributed by atoms with van der Waals surface area (Å²) in [6, 6.07) is 6.59. The van der Waals surface area contributed by atoms with Crippen LogP contribution < -0.4 is 5.32 Å². The van der Waals surface area contributed by atoms with Gasteiger partial charge in [-0.1, -0.05) is 26.0 Å². The number of halogens is 1. The second-order valence-electron chi connectivity index (χ2n) is 5.31. The molecule has 1 heterocycles. The summed E-state index contributed by atoms with van der Waals surface area (Å²) in [4.78, 5) is 14.1. The lowest BCUT2D eigenvalue weighted by molar-refractivity contribution is -0.115. The number of carbonyl (C=O) groups is 1. The molecule has 1 unspecified atom stereocenters. The Morgan fingerprint density at radius 2 is 1.90 bits per heavy atom. The van der Waals surface area contributed by atoms with Crippen molar-refractivity contribution in [2.75, 3.05) is 18.4 Å². The Morgan fingerprint density at radius 3 is 2.50 bits per heavy atom. The van der Waals surface area contributed by atoms with Crippen LogP contribution in [0.3, 0.4) is 0 Å². The van der Waals surface area contributed by atoms with Crippen LogP contribution in [0.2, 0.25) is 0 Å². The molecule has 112 valence electrons. The molecule has 1 aromatic carbocycles. The first kappa shape index (κ1) is 17.0. The van der Waals surface area contributed by atoms with Gasteiger partial charge in [-0.05, 0) is 50.0 Å². The predicted octanol–water partition coefficient (Wildman–Crippen LogP) is 3.79. The second kappa shape index (κ2) is 7.65. The molecule has 0 bridgehead atoms. The van der Waals surface area contributed by atoms with Gasteiger partial charge in [0.25, 0.3) is 0 Å². The molecule has 3 nitrogen and oxygen atoms in total. The van der Waals surface area contributed by atoms with Gasteiger partial charge in [-0.15, -0.1) is 12.4 Å². The van der Waals surface area contributed by atoms with Gasteiger partial charge in [0.2, 0.25) is 5.91 Å². The Labute approximate surface area is 128 Å². The average Bonchev–Trinajstić information content (AvgIpc) is 2.77. The van der Waals surface area contributed by atoms with Crippen LogP contribution in [0.5, 0.6) is 0 Å². The highest BCUT2D eigenvalue weighted by Crippen LogP contribution is 2.32. The monoisotopic (exact) mass is 296 g/mol. The number of fused-ring (bicyclic) bond motifs is 1. The number of hydrogen-bond acceptors (Lipinski definition) is 2. The number of rotatable bonds is 6. The molecule has 0 saturated carbocycles. The Morgan fingerprint density at radius 1 is 1.25 bits per heavy atom. The fourth-order valence-electron chi connectivity index (χ4n) is 2.94. The van der Waals surface area contributed by atoms with E-state index in [0.717, 1.165) is 31.6 Å². The van der Waals surface area contributed by atoms with E-state index in [1.807, 2.05) is 12.1 Å². The highest BCUT2D eigenvalue weighted by molar-refractivity contribution is 5.99. The molecule has 0 aliphatic carbocycles. The van der Waals surface area contributed by atoms with Crippen molar-refractivity contribution in [2.24, 2.45) is 0 Å². The van der Waals surface area contributed by atoms with Crippen LogP contribution in [-0.4, -0.2) is 23.9 Å². The maximum Gasteiger partial charge on any atom is 0.228 e. The third kappa shape index (κ3) is 3.53. The van der Waals surface area contributed by atoms with Crippen LogP contribution in [-0.2, 0) is 11.2 Å². The largest absolute Gasteiger partial charge is 0.326 e. The first-order valence-corrected chi connectivity index (χ1v) is 7.33. The molecular weight excluding hydrogens is 272 g/mol. The molecule has 1 aliphatic rings. The quantitative estimate of drug-likeness (QED) is 0.866. The molecular formula is C16H25ClN2O. The maximum absolute atomic E-state index is 11.6. The molecule has 0 fully saturated rings. The molecule has 4 heteroatoms. The summed E-state index contributed by atoms with van der Waals surface area (Å²) < 4.78 is 0. The zero-order valence-corrected chi connectivity index (χ0v) is 13.4. The van der Waals surface area contributed by atoms with E-state index in [-0.39, 0.29) is 18.3 Å². The summed E-state index contributed by atoms with van der Waals surface area (Å²) in [6.07, 6.45) is 2.86. The van der Waals surface area contributed by atoms with E-state index in [1.54, 1.807) is 0 Å². The number of nitrogens with one attached hydrogen (secondary N) is 1. The first-order valence-electron chi connectivity index (χ1n) is 7.33. The van der Waals surface area contributed by atoms with Gasteiger partial charge < -0.3 is 5.32 Å². The zero-order chi connectivity index (χ0) is 13.8. The van der Waals surface area contributed by atoms with Gasteiger partial charge in [0.05, 0.1) is 6.42 Å². The van der Waals surface area contributed by atoms with Crippen LogP contribution in [0.1, 0.15) is 50.8 Å². The van der Waals surface area contributed by atoms with Crippen LogP contribution in [0.15, 0.2) is 18.2 Å². The molecule has 0 aromatic heterocycles. The standard InChI is InChI=1S/C16H24N2O.ClH/c1-4-9-18(10-5-2)12(3)13-7-6-8-15-14(13)11-16(19)17-15;/h6-8,12H,4-5,9-11H2,1-3H3,(H,17,19);1H. The van der Waals surface area contributed by atoms with Crippen LogP contribution in [0.4, 0.5) is 5.69 Å². The summed E-state index contributed by atoms with van der Waals surface area (Å²) in [5, 5.41) is 2.94. The lowest BCUT2D eigenvalue weighted by Crippen LogP contribution is -2.29. The van der Waals surface area contributed by atoms with E-state index in [1.165, 1.54) is 11.1 Å². The van der Waals surface area contributed by atoms with Crippen LogP contribution in [0, 0.1) is 0 Å². The van der Waals surface area contributed by atoms with Crippen LogP contribution >= 0.6 is 12.4 Å². The van der Waals surface area contributed by atoms with Gasteiger partial charge in [-0.3, -0.25) is 9.69 Å². The molecule has 2 rings (SSSR count). The van der Waals surface area contributed by atoms with Crippen molar-refractivity contribution in [1.29, 1.82) is 0 Å². The van der Waals surface area contributed by atoms with E-state index < -0.39 is 0 Å². The van der Waals surface area contributed by atoms with Crippen molar-refractivity contribution in [3.05, 3.63) is 29.3 Å². The van der Waals surface area contributed by atoms with Crippen molar-refractivity contribution in [2.45, 2.75) is 46.1 Å². The summed E-state index contributed by atoms with van der Waals surface area (Å²) >= 11 is 0. The zero-order valence-electron chi connectivity index (χ0n) is 12.6. The van der Waals surface area contributed by atoms with E-state index in [9.17, 15) is 4.79 Å². The second-order valence-corrected chi connectivity index (χ2v) is 5.31. The molecule has 1 atom stereocenters. The molecule has 0 saturated heterocycles. The highest BCUT2D eigenvalue weighted by Gasteiger charge is 2.24. The van der Waals surface area contributed by atoms with Gasteiger partial charge in [0, 0.05) is 11.7 Å². The van der Waals surface area contributed by atoms with E-state index in [4.69, 9.17) is 0 Å². The molecule has 1 aliphatic heterocycles. The maximum atomic E-state index is 11.6. The Kier molecular flexibility index (Phi) is 6.50. The van der Waals surface area contributed by atoms with Crippen LogP contribution in [0.25, 0.3) is 0 Å². The number of carbonyl (C=O) groups excluding carboxylic acids is 1. The minimum atomic E-state index is 0. The molecule has 1 amide bonds. The van der Waals surface area contributed by atoms with Crippen molar-refractivity contribution < 1.29 is 4.79 Å². The van der Waals surface area contributed by atoms with Gasteiger partial charge in [0.15, 0.2) is 0 Å². The normalized spacial score (nSPS) is 14.7. The minimum Gasteiger partial charge on any atom is -0.326 e. The van der Waals surface area contributed by atoms with Gasteiger partial charge >= 0.3 is 0 Å². The first-order chi connectivity index (χ1) is 9.17. The van der Waals surface area contributed by atoms with Crippen molar-refractivity contribution in [3.8, 4) is 0 Å². The number of nitrogens with zero attached hydrogens (tertiary/aromatic N) is 1. The molecule has 1 N–H and O–H groups in total. The van der Waals surface area contributed by atoms with Gasteiger partial charge in [-0.2, -0.15) is 0 Å². The Bertz CT molecular complexity index is 456. The Balaban J connectivity index is 0.00000200. The van der Waals surface area contributed by atoms with Crippen molar-refractivity contribution in [1.82, 2.24) is 4.90 Å². The lowest BCUT2D eigenvalue weighted by Gasteiger charge is -2.30. The third-order valence-electron chi connectivity index (χ3n) is 3.84. The van der Waals surface area contributed by atoms with E-state index in [0.29, 0.717) is 12.5 Å². The summed E-state index contributed by atoms with van der Waals surface area (Å²) in [6.45, 7) is 8.91. The number of anilines is 1. The predicted molar refractivity (Wildman–Crippen MR) is 86.6 cm³/mol. The SMILES string of the molecule is CCCN(CCC)C(C)c1cccc2c1CC(=O)N2.Cl. The fraction of sp³-hybridized carbons (Fsp3) is 0.562. The molecule has 0 radical (unpaired) electrons. The van der Waals surface area contributed by atoms with E-state index >= 15 is 0 Å². The number of amides is 1. The van der Waals surface area contributed by atoms with Crippen molar-refractivity contribution in [3.63, 3.8) is 0 Å². The smallest absolute Gasteiger partial charge is 0.228 e. The fourth-order valence-corrected chi connectivity index (χ4v) is 2.94. The Hall–Kier alpha value is -1.06. The van der Waals surface area contributed by atoms with Crippen molar-refractivity contribution >= 4 is 24.0 Å². The minimum absolute atomic E-state index is 0. The third-order valence-corrected chi connectivity index (χ3v) is 3.84. The van der Waals surface area contributed by atoms with E-state index in [2.05, 4.69) is 37.1 Å². The highest BCUT2D eigenvalue weighted by atomic mass is 35.5. The number of benzene rings is 1. The number of hydrogen-bond donors (Lipinski definition) is 1. The van der Waals surface area contributed by atoms with Gasteiger partial charge in [-0.25, -0.2) is 0 Å². The molecule has 20 heavy (non-hydrogen) atoms. The summed E-state index contributed by atoms with van der Waals surface area (Å²) in [7, 11) is 0. The summed E-state index contributed by atoms with van der Waals surface area (Å²) in [5.41, 5.74) is 3.50. The average molecular weight is 297 g/mol. The topological polar surface area (TPSA) is 32.3 Å². The molecule has 1 aromatic rings. The lowest BCUT2D eigenvalue weighted by atomic mass is 9.98. The van der Waals surface area contributed by atoms with Gasteiger partial charge in [0.1, 0.15) is 0 Å². The molecule has 0 spiro atoms.